The van der Waals surface area contributed by atoms with Crippen LogP contribution in [0, 0.1) is 17.8 Å². The van der Waals surface area contributed by atoms with Crippen molar-refractivity contribution >= 4 is 51.0 Å². The van der Waals surface area contributed by atoms with Crippen LogP contribution in [0.3, 0.4) is 0 Å². The monoisotopic (exact) mass is 514 g/mol. The van der Waals surface area contributed by atoms with E-state index >= 15 is 0 Å². The fraction of sp³-hybridized carbons (Fsp3) is 0.250. The van der Waals surface area contributed by atoms with E-state index in [0.717, 1.165) is 14.5 Å². The molecular weight excluding hydrogens is 496 g/mol. The summed E-state index contributed by atoms with van der Waals surface area (Å²) in [5.41, 5.74) is 0.469. The Kier molecular flexibility index (Phi) is 6.31. The summed E-state index contributed by atoms with van der Waals surface area (Å²) >= 11 is 9.55. The third kappa shape index (κ3) is 4.02. The van der Waals surface area contributed by atoms with Gasteiger partial charge >= 0.3 is 0 Å². The lowest BCUT2D eigenvalue weighted by Crippen LogP contribution is -2.52. The molecule has 164 valence electrons. The molecule has 3 atom stereocenters. The number of hydrogen-bond donors (Lipinski definition) is 0. The zero-order chi connectivity index (χ0) is 23.0. The number of imide groups is 1. The molecule has 0 radical (unpaired) electrons. The van der Waals surface area contributed by atoms with Gasteiger partial charge in [0.05, 0.1) is 22.4 Å². The fourth-order valence-corrected chi connectivity index (χ4v) is 4.72. The lowest BCUT2D eigenvalue weighted by Gasteiger charge is -2.30. The molecule has 1 heterocycles. The van der Waals surface area contributed by atoms with E-state index in [0.29, 0.717) is 12.0 Å². The van der Waals surface area contributed by atoms with Gasteiger partial charge in [0.1, 0.15) is 6.54 Å². The quantitative estimate of drug-likeness (QED) is 0.333. The first-order valence-corrected chi connectivity index (χ1v) is 11.4. The molecule has 32 heavy (non-hydrogen) atoms. The first-order valence-electron chi connectivity index (χ1n) is 10.2. The van der Waals surface area contributed by atoms with Crippen LogP contribution in [0.5, 0.6) is 0 Å². The number of allylic oxidation sites excluding steroid dienone is 2. The minimum Gasteiger partial charge on any atom is -0.292 e. The summed E-state index contributed by atoms with van der Waals surface area (Å²) in [6, 6.07) is 13.0. The largest absolute Gasteiger partial charge is 0.292 e. The number of halogens is 2. The Morgan fingerprint density at radius 2 is 1.78 bits per heavy atom. The number of fused-ring (bicyclic) bond motifs is 1. The third-order valence-electron chi connectivity index (χ3n) is 5.89. The van der Waals surface area contributed by atoms with Crippen LogP contribution in [0.4, 0.5) is 0 Å². The number of benzene rings is 2. The standard InChI is InChI=1S/C24H20BrClN2O4/c1-14-5-4-7-18-21(14)24(32)28(23(18)31)27(22(30)17-6-2-3-8-19(17)26)13-20(29)15-9-11-16(25)12-10-15/h2-6,8-12,14,18,21H,7,13H2,1H3/t14-,18-,21-/m1/s1. The molecule has 3 amide bonds. The highest BCUT2D eigenvalue weighted by atomic mass is 79.9. The molecule has 0 spiro atoms. The van der Waals surface area contributed by atoms with E-state index in [1.165, 1.54) is 6.07 Å². The van der Waals surface area contributed by atoms with Gasteiger partial charge in [-0.1, -0.05) is 70.9 Å². The molecule has 2 aromatic carbocycles. The summed E-state index contributed by atoms with van der Waals surface area (Å²) in [6.45, 7) is 1.40. The topological polar surface area (TPSA) is 74.8 Å². The van der Waals surface area contributed by atoms with Crippen molar-refractivity contribution in [2.24, 2.45) is 17.8 Å². The van der Waals surface area contributed by atoms with E-state index in [2.05, 4.69) is 15.9 Å². The van der Waals surface area contributed by atoms with E-state index < -0.39 is 41.9 Å². The average Bonchev–Trinajstić information content (AvgIpc) is 3.03. The van der Waals surface area contributed by atoms with Crippen molar-refractivity contribution in [1.29, 1.82) is 0 Å². The highest BCUT2D eigenvalue weighted by Gasteiger charge is 2.53. The number of ketones is 1. The molecular formula is C24H20BrClN2O4. The lowest BCUT2D eigenvalue weighted by molar-refractivity contribution is -0.154. The number of amides is 3. The van der Waals surface area contributed by atoms with Crippen molar-refractivity contribution in [3.63, 3.8) is 0 Å². The van der Waals surface area contributed by atoms with E-state index in [-0.39, 0.29) is 16.5 Å². The Morgan fingerprint density at radius 1 is 1.09 bits per heavy atom. The van der Waals surface area contributed by atoms with Gasteiger partial charge in [-0.3, -0.25) is 19.2 Å². The molecule has 4 rings (SSSR count). The Labute approximate surface area is 198 Å². The molecule has 0 unspecified atom stereocenters. The Bertz CT molecular complexity index is 1130. The van der Waals surface area contributed by atoms with Gasteiger partial charge in [0, 0.05) is 10.0 Å². The second-order valence-corrected chi connectivity index (χ2v) is 9.24. The van der Waals surface area contributed by atoms with Gasteiger partial charge < -0.3 is 0 Å². The first kappa shape index (κ1) is 22.4. The number of hydrogen-bond acceptors (Lipinski definition) is 4. The van der Waals surface area contributed by atoms with Crippen molar-refractivity contribution in [3.8, 4) is 0 Å². The number of hydrazine groups is 1. The maximum absolute atomic E-state index is 13.5. The summed E-state index contributed by atoms with van der Waals surface area (Å²) in [6.07, 6.45) is 4.21. The third-order valence-corrected chi connectivity index (χ3v) is 6.75. The molecule has 1 fully saturated rings. The minimum absolute atomic E-state index is 0.111. The van der Waals surface area contributed by atoms with Gasteiger partial charge in [-0.2, -0.15) is 5.01 Å². The van der Waals surface area contributed by atoms with Crippen molar-refractivity contribution in [3.05, 3.63) is 81.3 Å². The molecule has 0 N–H and O–H groups in total. The van der Waals surface area contributed by atoms with Gasteiger partial charge in [0.25, 0.3) is 17.7 Å². The fourth-order valence-electron chi connectivity index (χ4n) is 4.24. The van der Waals surface area contributed by atoms with Crippen LogP contribution in [0.2, 0.25) is 5.02 Å². The predicted octanol–water partition coefficient (Wildman–Crippen LogP) is 4.54. The van der Waals surface area contributed by atoms with Crippen molar-refractivity contribution in [1.82, 2.24) is 10.0 Å². The number of carbonyl (C=O) groups excluding carboxylic acids is 4. The second-order valence-electron chi connectivity index (χ2n) is 7.92. The van der Waals surface area contributed by atoms with Gasteiger partial charge in [0.2, 0.25) is 0 Å². The SMILES string of the molecule is C[C@@H]1C=CC[C@H]2C(=O)N(N(CC(=O)c3ccc(Br)cc3)C(=O)c3ccccc3Cl)C(=O)[C@H]12. The maximum atomic E-state index is 13.5. The average molecular weight is 516 g/mol. The van der Waals surface area contributed by atoms with Crippen molar-refractivity contribution < 1.29 is 19.2 Å². The van der Waals surface area contributed by atoms with E-state index in [1.54, 1.807) is 42.5 Å². The zero-order valence-corrected chi connectivity index (χ0v) is 19.5. The van der Waals surface area contributed by atoms with Gasteiger partial charge in [0.15, 0.2) is 5.78 Å². The summed E-state index contributed by atoms with van der Waals surface area (Å²) in [7, 11) is 0. The molecule has 2 aliphatic rings. The van der Waals surface area contributed by atoms with Gasteiger partial charge in [-0.05, 0) is 36.6 Å². The summed E-state index contributed by atoms with van der Waals surface area (Å²) in [5, 5.41) is 1.98. The summed E-state index contributed by atoms with van der Waals surface area (Å²) < 4.78 is 0.800. The summed E-state index contributed by atoms with van der Waals surface area (Å²) in [5.74, 6) is -3.28. The van der Waals surface area contributed by atoms with E-state index in [4.69, 9.17) is 11.6 Å². The van der Waals surface area contributed by atoms with E-state index in [1.807, 2.05) is 19.1 Å². The Hall–Kier alpha value is -2.77. The number of rotatable bonds is 5. The van der Waals surface area contributed by atoms with Crippen LogP contribution in [0.1, 0.15) is 34.1 Å². The number of nitrogens with zero attached hydrogens (tertiary/aromatic N) is 2. The zero-order valence-electron chi connectivity index (χ0n) is 17.2. The van der Waals surface area contributed by atoms with Crippen LogP contribution in [-0.4, -0.2) is 40.1 Å². The van der Waals surface area contributed by atoms with E-state index in [9.17, 15) is 19.2 Å². The lowest BCUT2D eigenvalue weighted by atomic mass is 9.78. The smallest absolute Gasteiger partial charge is 0.274 e. The van der Waals surface area contributed by atoms with Crippen LogP contribution in [0.15, 0.2) is 65.2 Å². The van der Waals surface area contributed by atoms with Crippen LogP contribution < -0.4 is 0 Å². The molecule has 1 aliphatic heterocycles. The summed E-state index contributed by atoms with van der Waals surface area (Å²) in [4.78, 5) is 53.1. The molecule has 2 aromatic rings. The predicted molar refractivity (Wildman–Crippen MR) is 123 cm³/mol. The van der Waals surface area contributed by atoms with Crippen LogP contribution in [-0.2, 0) is 9.59 Å². The molecule has 1 saturated heterocycles. The maximum Gasteiger partial charge on any atom is 0.274 e. The highest BCUT2D eigenvalue weighted by molar-refractivity contribution is 9.10. The van der Waals surface area contributed by atoms with Crippen LogP contribution in [0.25, 0.3) is 0 Å². The Balaban J connectivity index is 1.72. The molecule has 8 heteroatoms. The van der Waals surface area contributed by atoms with Crippen molar-refractivity contribution in [2.45, 2.75) is 13.3 Å². The molecule has 6 nitrogen and oxygen atoms in total. The minimum atomic E-state index is -0.679. The van der Waals surface area contributed by atoms with Gasteiger partial charge in [-0.25, -0.2) is 5.01 Å². The molecule has 0 aromatic heterocycles. The molecule has 0 bridgehead atoms. The molecule has 0 saturated carbocycles. The van der Waals surface area contributed by atoms with Crippen LogP contribution >= 0.6 is 27.5 Å². The highest BCUT2D eigenvalue weighted by Crippen LogP contribution is 2.39. The van der Waals surface area contributed by atoms with Gasteiger partial charge in [-0.15, -0.1) is 0 Å². The number of Topliss-reactive ketones (excluding diaryl/α,β-unsaturated/α-hetero) is 1. The normalized spacial score (nSPS) is 22.1. The second kappa shape index (κ2) is 9.00. The first-order chi connectivity index (χ1) is 15.3. The Morgan fingerprint density at radius 3 is 2.44 bits per heavy atom. The van der Waals surface area contributed by atoms with Crippen molar-refractivity contribution in [2.75, 3.05) is 6.54 Å². The number of carbonyl (C=O) groups is 4. The molecule has 1 aliphatic carbocycles.